The number of fused-ring (bicyclic) bond motifs is 4. The highest BCUT2D eigenvalue weighted by Gasteiger charge is 2.48. The number of hydrogen-bond acceptors (Lipinski definition) is 1. The molecule has 0 fully saturated rings. The van der Waals surface area contributed by atoms with Crippen LogP contribution in [-0.2, 0) is 0 Å². The summed E-state index contributed by atoms with van der Waals surface area (Å²) < 4.78 is 2.35. The molecule has 3 heteroatoms. The van der Waals surface area contributed by atoms with E-state index >= 15 is 0 Å². The first-order valence-corrected chi connectivity index (χ1v) is 26.1. The minimum atomic E-state index is -2.62. The Labute approximate surface area is 412 Å². The zero-order chi connectivity index (χ0) is 47.0. The van der Waals surface area contributed by atoms with Gasteiger partial charge in [0.15, 0.2) is 8.07 Å². The Kier molecular flexibility index (Phi) is 11.0. The van der Waals surface area contributed by atoms with E-state index in [-0.39, 0.29) is 0 Å². The zero-order valence-corrected chi connectivity index (χ0v) is 40.1. The fourth-order valence-corrected chi connectivity index (χ4v) is 16.2. The van der Waals surface area contributed by atoms with Crippen LogP contribution in [0.15, 0.2) is 267 Å². The molecule has 1 aliphatic heterocycles. The summed E-state index contributed by atoms with van der Waals surface area (Å²) in [7, 11) is -2.62. The number of benzene rings is 10. The Hall–Kier alpha value is -8.76. The maximum absolute atomic E-state index is 4.19. The summed E-state index contributed by atoms with van der Waals surface area (Å²) in [6.07, 6.45) is 6.26. The molecule has 0 atom stereocenters. The van der Waals surface area contributed by atoms with Crippen LogP contribution in [0.2, 0.25) is 0 Å². The highest BCUT2D eigenvalue weighted by molar-refractivity contribution is 7.22. The molecule has 11 aromatic rings. The highest BCUT2D eigenvalue weighted by atomic mass is 28.3. The van der Waals surface area contributed by atoms with Crippen LogP contribution < -0.4 is 25.6 Å². The number of rotatable bonds is 11. The second-order valence-corrected chi connectivity index (χ2v) is 21.8. The molecule has 1 aromatic heterocycles. The van der Waals surface area contributed by atoms with Gasteiger partial charge in [-0.2, -0.15) is 0 Å². The first-order chi connectivity index (χ1) is 34.6. The number of hydrogen-bond donors (Lipinski definition) is 0. The van der Waals surface area contributed by atoms with Crippen molar-refractivity contribution in [3.8, 4) is 50.2 Å². The Balaban J connectivity index is 0.931. The molecule has 0 saturated heterocycles. The van der Waals surface area contributed by atoms with Crippen molar-refractivity contribution >= 4 is 68.9 Å². The molecule has 0 amide bonds. The van der Waals surface area contributed by atoms with Crippen LogP contribution in [0, 0.1) is 0 Å². The van der Waals surface area contributed by atoms with Gasteiger partial charge in [-0.1, -0.05) is 219 Å². The Morgan fingerprint density at radius 3 is 1.49 bits per heavy atom. The lowest BCUT2D eigenvalue weighted by Gasteiger charge is -2.31. The molecule has 0 saturated carbocycles. The molecular weight excluding hydrogens is 861 g/mol. The Morgan fingerprint density at radius 2 is 0.886 bits per heavy atom. The van der Waals surface area contributed by atoms with E-state index in [0.29, 0.717) is 0 Å². The van der Waals surface area contributed by atoms with Crippen LogP contribution in [0.3, 0.4) is 0 Å². The number of nitrogens with zero attached hydrogens (tertiary/aromatic N) is 2. The lowest BCUT2D eigenvalue weighted by atomic mass is 10.00. The van der Waals surface area contributed by atoms with Gasteiger partial charge in [0.05, 0.1) is 11.2 Å². The first-order valence-electron chi connectivity index (χ1n) is 24.1. The summed E-state index contributed by atoms with van der Waals surface area (Å²) >= 11 is 0. The number of aromatic nitrogens is 1. The topological polar surface area (TPSA) is 8.17 Å². The van der Waals surface area contributed by atoms with Crippen molar-refractivity contribution in [2.75, 3.05) is 4.90 Å². The Bertz CT molecular complexity index is 3660. The maximum atomic E-state index is 4.19. The van der Waals surface area contributed by atoms with Gasteiger partial charge < -0.3 is 9.47 Å². The standard InChI is InChI=1S/C67H50N2Si/c1-3-19-64-60(4-2)61-28-14-16-30-65(61)69(64)57-23-18-22-52(46-57)50-34-41-55(42-35-50)68(54-39-32-49(33-40-54)48-20-8-5-9-21-48)56-43-36-51(37-44-56)53-38-45-63-62-29-15-17-31-66(62)70(67(63)47-53,58-24-10-6-11-25-58)59-26-12-7-13-27-59/h3-47H,2H2,1H3/b19-3-. The van der Waals surface area contributed by atoms with Crippen LogP contribution in [-0.4, -0.2) is 12.6 Å². The molecule has 1 aliphatic rings. The SMILES string of the molecule is C=Cc1c(/C=C\C)n(-c2cccc(-c3ccc(N(c4ccc(-c5ccccc5)cc4)c4ccc(-c5ccc6c(c5)[Si](c5ccccc5)(c5ccccc5)c5ccccc5-6)cc4)cc3)c2)c2ccccc12. The summed E-state index contributed by atoms with van der Waals surface area (Å²) in [5, 5.41) is 6.90. The van der Waals surface area contributed by atoms with E-state index in [2.05, 4.69) is 290 Å². The van der Waals surface area contributed by atoms with Crippen LogP contribution in [0.25, 0.3) is 73.2 Å². The predicted molar refractivity (Wildman–Crippen MR) is 302 cm³/mol. The van der Waals surface area contributed by atoms with Crippen molar-refractivity contribution < 1.29 is 0 Å². The van der Waals surface area contributed by atoms with Gasteiger partial charge in [0, 0.05) is 33.7 Å². The molecule has 12 rings (SSSR count). The molecule has 10 aromatic carbocycles. The van der Waals surface area contributed by atoms with Crippen LogP contribution >= 0.6 is 0 Å². The summed E-state index contributed by atoms with van der Waals surface area (Å²) in [6.45, 7) is 6.26. The molecule has 0 unspecified atom stereocenters. The second kappa shape index (κ2) is 18.0. The molecular formula is C67H50N2Si. The molecule has 0 aliphatic carbocycles. The summed E-state index contributed by atoms with van der Waals surface area (Å²) in [5.41, 5.74) is 17.6. The molecule has 2 heterocycles. The highest BCUT2D eigenvalue weighted by Crippen LogP contribution is 2.39. The van der Waals surface area contributed by atoms with Gasteiger partial charge in [-0.05, 0) is 133 Å². The molecule has 332 valence electrons. The number of allylic oxidation sites excluding steroid dienone is 1. The third kappa shape index (κ3) is 7.18. The van der Waals surface area contributed by atoms with E-state index in [1.54, 1.807) is 0 Å². The Morgan fingerprint density at radius 1 is 0.414 bits per heavy atom. The molecule has 0 spiro atoms. The molecule has 0 bridgehead atoms. The quantitative estimate of drug-likeness (QED) is 0.117. The lowest BCUT2D eigenvalue weighted by Crippen LogP contribution is -2.72. The summed E-state index contributed by atoms with van der Waals surface area (Å²) in [6, 6.07) is 93.9. The smallest absolute Gasteiger partial charge is 0.180 e. The van der Waals surface area contributed by atoms with Crippen molar-refractivity contribution in [3.05, 3.63) is 279 Å². The van der Waals surface area contributed by atoms with Gasteiger partial charge in [-0.25, -0.2) is 0 Å². The van der Waals surface area contributed by atoms with Crippen molar-refractivity contribution in [2.45, 2.75) is 6.92 Å². The second-order valence-electron chi connectivity index (χ2n) is 18.0. The zero-order valence-electron chi connectivity index (χ0n) is 39.1. The fraction of sp³-hybridized carbons (Fsp3) is 0.0149. The predicted octanol–water partition coefficient (Wildman–Crippen LogP) is 15.1. The minimum Gasteiger partial charge on any atom is -0.311 e. The van der Waals surface area contributed by atoms with E-state index in [9.17, 15) is 0 Å². The average Bonchev–Trinajstić information content (AvgIpc) is 3.92. The van der Waals surface area contributed by atoms with E-state index in [1.807, 2.05) is 6.08 Å². The number of para-hydroxylation sites is 1. The molecule has 70 heavy (non-hydrogen) atoms. The van der Waals surface area contributed by atoms with E-state index in [0.717, 1.165) is 50.7 Å². The van der Waals surface area contributed by atoms with E-state index in [4.69, 9.17) is 0 Å². The van der Waals surface area contributed by atoms with Gasteiger partial charge in [-0.3, -0.25) is 0 Å². The van der Waals surface area contributed by atoms with Gasteiger partial charge >= 0.3 is 0 Å². The van der Waals surface area contributed by atoms with Crippen molar-refractivity contribution in [1.29, 1.82) is 0 Å². The fourth-order valence-electron chi connectivity index (χ4n) is 11.0. The monoisotopic (exact) mass is 910 g/mol. The molecule has 2 nitrogen and oxygen atoms in total. The van der Waals surface area contributed by atoms with Crippen molar-refractivity contribution in [1.82, 2.24) is 4.57 Å². The largest absolute Gasteiger partial charge is 0.311 e. The van der Waals surface area contributed by atoms with Crippen LogP contribution in [0.4, 0.5) is 17.1 Å². The maximum Gasteiger partial charge on any atom is 0.180 e. The van der Waals surface area contributed by atoms with Crippen molar-refractivity contribution in [3.63, 3.8) is 0 Å². The van der Waals surface area contributed by atoms with Gasteiger partial charge in [0.1, 0.15) is 0 Å². The van der Waals surface area contributed by atoms with Crippen LogP contribution in [0.1, 0.15) is 18.2 Å². The van der Waals surface area contributed by atoms with Gasteiger partial charge in [0.25, 0.3) is 0 Å². The molecule has 0 N–H and O–H groups in total. The average molecular weight is 911 g/mol. The lowest BCUT2D eigenvalue weighted by molar-refractivity contribution is 1.11. The third-order valence-electron chi connectivity index (χ3n) is 14.2. The summed E-state index contributed by atoms with van der Waals surface area (Å²) in [5.74, 6) is 0. The van der Waals surface area contributed by atoms with Crippen molar-refractivity contribution in [2.24, 2.45) is 0 Å². The normalized spacial score (nSPS) is 12.5. The van der Waals surface area contributed by atoms with E-state index < -0.39 is 8.07 Å². The summed E-state index contributed by atoms with van der Waals surface area (Å²) in [4.78, 5) is 2.37. The minimum absolute atomic E-state index is 1.08. The van der Waals surface area contributed by atoms with Gasteiger partial charge in [0.2, 0.25) is 0 Å². The molecule has 0 radical (unpaired) electrons. The van der Waals surface area contributed by atoms with E-state index in [1.165, 1.54) is 59.5 Å². The van der Waals surface area contributed by atoms with Crippen LogP contribution in [0.5, 0.6) is 0 Å². The number of anilines is 3. The first kappa shape index (κ1) is 42.6. The third-order valence-corrected chi connectivity index (χ3v) is 19.1. The van der Waals surface area contributed by atoms with Gasteiger partial charge in [-0.15, -0.1) is 0 Å².